The predicted octanol–water partition coefficient (Wildman–Crippen LogP) is 4.76. The molecule has 4 nitrogen and oxygen atoms in total. The van der Waals surface area contributed by atoms with E-state index in [9.17, 15) is 9.18 Å². The molecule has 0 spiro atoms. The number of aryl methyl sites for hydroxylation is 1. The highest BCUT2D eigenvalue weighted by molar-refractivity contribution is 5.79. The Morgan fingerprint density at radius 3 is 2.77 bits per heavy atom. The lowest BCUT2D eigenvalue weighted by atomic mass is 9.88. The molecule has 4 rings (SSSR count). The van der Waals surface area contributed by atoms with Crippen LogP contribution in [0.3, 0.4) is 0 Å². The van der Waals surface area contributed by atoms with E-state index in [1.165, 1.54) is 17.7 Å². The third-order valence-corrected chi connectivity index (χ3v) is 6.13. The fourth-order valence-electron chi connectivity index (χ4n) is 4.65. The van der Waals surface area contributed by atoms with Gasteiger partial charge in [0.15, 0.2) is 0 Å². The fraction of sp³-hybridized carbons (Fsp3) is 0.480. The third kappa shape index (κ3) is 4.84. The molecule has 30 heavy (non-hydrogen) atoms. The molecule has 2 aromatic rings. The van der Waals surface area contributed by atoms with E-state index < -0.39 is 0 Å². The van der Waals surface area contributed by atoms with Crippen LogP contribution in [0.1, 0.15) is 55.8 Å². The molecule has 1 amide bonds. The minimum absolute atomic E-state index is 0.0292. The van der Waals surface area contributed by atoms with Gasteiger partial charge in [0.2, 0.25) is 5.91 Å². The lowest BCUT2D eigenvalue weighted by Crippen LogP contribution is -2.46. The van der Waals surface area contributed by atoms with Gasteiger partial charge in [0, 0.05) is 25.1 Å². The van der Waals surface area contributed by atoms with Crippen molar-refractivity contribution in [2.75, 3.05) is 13.1 Å². The molecule has 0 radical (unpaired) electrons. The van der Waals surface area contributed by atoms with Crippen molar-refractivity contribution >= 4 is 5.91 Å². The van der Waals surface area contributed by atoms with Gasteiger partial charge < -0.3 is 10.1 Å². The molecule has 2 aromatic carbocycles. The van der Waals surface area contributed by atoms with Crippen LogP contribution in [-0.4, -0.2) is 29.5 Å². The smallest absolute Gasteiger partial charge is 0.224 e. The Hall–Kier alpha value is -2.40. The number of hydrogen-bond donors (Lipinski definition) is 1. The second-order valence-electron chi connectivity index (χ2n) is 9.37. The van der Waals surface area contributed by atoms with E-state index in [4.69, 9.17) is 4.74 Å². The maximum atomic E-state index is 13.2. The van der Waals surface area contributed by atoms with Crippen molar-refractivity contribution in [3.05, 3.63) is 65.0 Å². The summed E-state index contributed by atoms with van der Waals surface area (Å²) < 4.78 is 19.3. The maximum Gasteiger partial charge on any atom is 0.224 e. The number of carbonyl (C=O) groups is 1. The molecule has 0 aliphatic carbocycles. The van der Waals surface area contributed by atoms with Gasteiger partial charge in [0.1, 0.15) is 17.2 Å². The van der Waals surface area contributed by atoms with Gasteiger partial charge in [-0.1, -0.05) is 29.8 Å². The van der Waals surface area contributed by atoms with Crippen LogP contribution in [0.4, 0.5) is 4.39 Å². The molecule has 2 aliphatic heterocycles. The van der Waals surface area contributed by atoms with Crippen LogP contribution in [-0.2, 0) is 11.3 Å². The van der Waals surface area contributed by atoms with Crippen LogP contribution in [0, 0.1) is 18.7 Å². The van der Waals surface area contributed by atoms with Gasteiger partial charge in [-0.15, -0.1) is 0 Å². The summed E-state index contributed by atoms with van der Waals surface area (Å²) in [6, 6.07) is 12.8. The van der Waals surface area contributed by atoms with Crippen molar-refractivity contribution in [2.45, 2.75) is 58.2 Å². The molecule has 2 heterocycles. The first kappa shape index (κ1) is 20.9. The van der Waals surface area contributed by atoms with Crippen molar-refractivity contribution < 1.29 is 13.9 Å². The Morgan fingerprint density at radius 2 is 2.00 bits per heavy atom. The van der Waals surface area contributed by atoms with Crippen molar-refractivity contribution in [2.24, 2.45) is 5.92 Å². The monoisotopic (exact) mass is 410 g/mol. The van der Waals surface area contributed by atoms with E-state index in [1.807, 2.05) is 24.3 Å². The van der Waals surface area contributed by atoms with Crippen LogP contribution in [0.15, 0.2) is 42.5 Å². The largest absolute Gasteiger partial charge is 0.487 e. The highest BCUT2D eigenvalue weighted by atomic mass is 19.1. The Bertz CT molecular complexity index is 910. The lowest BCUT2D eigenvalue weighted by molar-refractivity contribution is -0.128. The first-order valence-electron chi connectivity index (χ1n) is 10.9. The van der Waals surface area contributed by atoms with Gasteiger partial charge in [-0.05, 0) is 63.9 Å². The average Bonchev–Trinajstić information content (AvgIpc) is 2.70. The first-order chi connectivity index (χ1) is 14.3. The first-order valence-corrected chi connectivity index (χ1v) is 10.9. The fourth-order valence-corrected chi connectivity index (χ4v) is 4.65. The van der Waals surface area contributed by atoms with Crippen LogP contribution in [0.2, 0.25) is 0 Å². The molecule has 1 N–H and O–H groups in total. The normalized spacial score (nSPS) is 23.3. The molecular weight excluding hydrogens is 379 g/mol. The lowest BCUT2D eigenvalue weighted by Gasteiger charge is -2.39. The van der Waals surface area contributed by atoms with Gasteiger partial charge in [0.25, 0.3) is 0 Å². The zero-order valence-electron chi connectivity index (χ0n) is 18.1. The summed E-state index contributed by atoms with van der Waals surface area (Å²) in [5.41, 5.74) is 3.00. The number of likely N-dealkylation sites (tertiary alicyclic amines) is 1. The van der Waals surface area contributed by atoms with Crippen molar-refractivity contribution in [1.82, 2.24) is 10.2 Å². The zero-order valence-corrected chi connectivity index (χ0v) is 18.1. The molecule has 0 bridgehead atoms. The van der Waals surface area contributed by atoms with Crippen LogP contribution in [0.25, 0.3) is 0 Å². The Labute approximate surface area is 178 Å². The van der Waals surface area contributed by atoms with Gasteiger partial charge >= 0.3 is 0 Å². The molecule has 0 saturated carbocycles. The minimum atomic E-state index is -0.318. The van der Waals surface area contributed by atoms with E-state index in [2.05, 4.69) is 37.1 Å². The maximum absolute atomic E-state index is 13.2. The second-order valence-corrected chi connectivity index (χ2v) is 9.37. The Morgan fingerprint density at radius 1 is 1.23 bits per heavy atom. The van der Waals surface area contributed by atoms with Gasteiger partial charge in [0.05, 0.1) is 12.0 Å². The highest BCUT2D eigenvalue weighted by Crippen LogP contribution is 2.40. The number of nitrogens with zero attached hydrogens (tertiary/aromatic N) is 1. The van der Waals surface area contributed by atoms with Crippen LogP contribution in [0.5, 0.6) is 5.75 Å². The summed E-state index contributed by atoms with van der Waals surface area (Å²) in [6.45, 7) is 8.65. The molecule has 1 fully saturated rings. The number of benzene rings is 2. The Kier molecular flexibility index (Phi) is 5.83. The molecule has 0 aromatic heterocycles. The van der Waals surface area contributed by atoms with Crippen molar-refractivity contribution in [1.29, 1.82) is 0 Å². The molecule has 2 atom stereocenters. The number of amides is 1. The van der Waals surface area contributed by atoms with Gasteiger partial charge in [-0.3, -0.25) is 9.69 Å². The van der Waals surface area contributed by atoms with Gasteiger partial charge in [-0.2, -0.15) is 0 Å². The highest BCUT2D eigenvalue weighted by Gasteiger charge is 2.36. The van der Waals surface area contributed by atoms with Crippen LogP contribution < -0.4 is 10.1 Å². The number of hydrogen-bond acceptors (Lipinski definition) is 3. The zero-order chi connectivity index (χ0) is 21.3. The topological polar surface area (TPSA) is 41.6 Å². The van der Waals surface area contributed by atoms with Crippen molar-refractivity contribution in [3.63, 3.8) is 0 Å². The summed E-state index contributed by atoms with van der Waals surface area (Å²) in [6.07, 6.45) is 2.65. The van der Waals surface area contributed by atoms with E-state index in [1.54, 1.807) is 0 Å². The van der Waals surface area contributed by atoms with E-state index in [-0.39, 0.29) is 29.3 Å². The minimum Gasteiger partial charge on any atom is -0.487 e. The second kappa shape index (κ2) is 8.38. The molecule has 2 aliphatic rings. The van der Waals surface area contributed by atoms with E-state index in [0.717, 1.165) is 55.8 Å². The summed E-state index contributed by atoms with van der Waals surface area (Å²) in [4.78, 5) is 15.5. The van der Waals surface area contributed by atoms with Gasteiger partial charge in [-0.25, -0.2) is 4.39 Å². The standard InChI is InChI=1S/C25H31FN2O2/c1-17-6-11-23-21(13-17)22(14-25(2,3)30-23)27-24(29)19-5-4-12-28(16-19)15-18-7-9-20(26)10-8-18/h6-11,13,19,22H,4-5,12,14-16H2,1-3H3,(H,27,29)/t19-,22-/m1/s1. The predicted molar refractivity (Wildman–Crippen MR) is 116 cm³/mol. The summed E-state index contributed by atoms with van der Waals surface area (Å²) >= 11 is 0. The Balaban J connectivity index is 1.43. The number of nitrogens with one attached hydrogen (secondary N) is 1. The molecule has 0 unspecified atom stereocenters. The SMILES string of the molecule is Cc1ccc2c(c1)[C@H](NC(=O)[C@@H]1CCCN(Cc3ccc(F)cc3)C1)CC(C)(C)O2. The quantitative estimate of drug-likeness (QED) is 0.790. The summed E-state index contributed by atoms with van der Waals surface area (Å²) in [5.74, 6) is 0.737. The van der Waals surface area contributed by atoms with E-state index in [0.29, 0.717) is 0 Å². The van der Waals surface area contributed by atoms with Crippen LogP contribution >= 0.6 is 0 Å². The molecular formula is C25H31FN2O2. The van der Waals surface area contributed by atoms with E-state index >= 15 is 0 Å². The number of carbonyl (C=O) groups excluding carboxylic acids is 1. The molecule has 5 heteroatoms. The number of fused-ring (bicyclic) bond motifs is 1. The number of piperidine rings is 1. The number of halogens is 1. The molecule has 1 saturated heterocycles. The van der Waals surface area contributed by atoms with Crippen molar-refractivity contribution in [3.8, 4) is 5.75 Å². The summed E-state index contributed by atoms with van der Waals surface area (Å²) in [5, 5.41) is 3.32. The summed E-state index contributed by atoms with van der Waals surface area (Å²) in [7, 11) is 0. The molecule has 160 valence electrons. The third-order valence-electron chi connectivity index (χ3n) is 6.13. The average molecular weight is 411 g/mol. The number of ether oxygens (including phenoxy) is 1. The number of rotatable bonds is 4.